The number of methoxy groups -OCH3 is 1. The summed E-state index contributed by atoms with van der Waals surface area (Å²) in [6.45, 7) is 3.82. The van der Waals surface area contributed by atoms with Gasteiger partial charge in [-0.15, -0.1) is 0 Å². The average Bonchev–Trinajstić information content (AvgIpc) is 3.05. The van der Waals surface area contributed by atoms with Crippen LogP contribution in [0.15, 0.2) is 72.8 Å². The van der Waals surface area contributed by atoms with Gasteiger partial charge in [0.2, 0.25) is 0 Å². The lowest BCUT2D eigenvalue weighted by Crippen LogP contribution is -2.21. The molecule has 0 spiro atoms. The predicted octanol–water partition coefficient (Wildman–Crippen LogP) is 5.39. The maximum Gasteiger partial charge on any atom is 0.338 e. The van der Waals surface area contributed by atoms with Gasteiger partial charge >= 0.3 is 5.97 Å². The second-order valence-corrected chi connectivity index (χ2v) is 7.01. The first-order chi connectivity index (χ1) is 14.0. The number of esters is 1. The van der Waals surface area contributed by atoms with Gasteiger partial charge in [-0.1, -0.05) is 54.6 Å². The summed E-state index contributed by atoms with van der Waals surface area (Å²) in [5.74, 6) is -0.521. The third-order valence-electron chi connectivity index (χ3n) is 5.30. The van der Waals surface area contributed by atoms with E-state index in [4.69, 9.17) is 4.74 Å². The summed E-state index contributed by atoms with van der Waals surface area (Å²) in [5.41, 5.74) is 6.19. The minimum atomic E-state index is -0.416. The summed E-state index contributed by atoms with van der Waals surface area (Å²) >= 11 is 0. The van der Waals surface area contributed by atoms with Crippen molar-refractivity contribution < 1.29 is 14.3 Å². The number of hydrogen-bond donors (Lipinski definition) is 0. The van der Waals surface area contributed by atoms with Gasteiger partial charge in [0.05, 0.1) is 29.6 Å². The van der Waals surface area contributed by atoms with Crippen LogP contribution in [0.25, 0.3) is 11.1 Å². The van der Waals surface area contributed by atoms with Crippen molar-refractivity contribution in [3.8, 4) is 0 Å². The standard InChI is InChI=1S/C25H21NO3/c1-16-13-14-19(15-21(16)25(28)29-3)26-22-12-8-7-11-20(22)23(24(26)27)17(2)18-9-5-4-6-10-18/h4-15H,1-3H3. The zero-order valence-corrected chi connectivity index (χ0v) is 16.6. The molecular weight excluding hydrogens is 362 g/mol. The molecule has 29 heavy (non-hydrogen) atoms. The first-order valence-electron chi connectivity index (χ1n) is 9.42. The average molecular weight is 383 g/mol. The van der Waals surface area contributed by atoms with Crippen LogP contribution in [0, 0.1) is 6.92 Å². The van der Waals surface area contributed by atoms with E-state index in [0.717, 1.165) is 28.0 Å². The minimum absolute atomic E-state index is 0.104. The highest BCUT2D eigenvalue weighted by molar-refractivity contribution is 6.39. The smallest absolute Gasteiger partial charge is 0.338 e. The molecule has 0 atom stereocenters. The highest BCUT2D eigenvalue weighted by Crippen LogP contribution is 2.44. The van der Waals surface area contributed by atoms with Gasteiger partial charge in [0.15, 0.2) is 0 Å². The van der Waals surface area contributed by atoms with Gasteiger partial charge in [-0.3, -0.25) is 9.69 Å². The van der Waals surface area contributed by atoms with Gasteiger partial charge in [0.25, 0.3) is 5.91 Å². The van der Waals surface area contributed by atoms with Crippen LogP contribution < -0.4 is 4.90 Å². The number of fused-ring (bicyclic) bond motifs is 1. The molecular formula is C25H21NO3. The molecule has 4 rings (SSSR count). The monoisotopic (exact) mass is 383 g/mol. The Kier molecular flexibility index (Phi) is 4.77. The molecule has 0 bridgehead atoms. The Bertz CT molecular complexity index is 1150. The molecule has 0 N–H and O–H groups in total. The van der Waals surface area contributed by atoms with Crippen LogP contribution in [0.3, 0.4) is 0 Å². The maximum absolute atomic E-state index is 13.6. The fourth-order valence-corrected chi connectivity index (χ4v) is 3.75. The van der Waals surface area contributed by atoms with Gasteiger partial charge in [-0.05, 0) is 48.7 Å². The van der Waals surface area contributed by atoms with Crippen molar-refractivity contribution in [3.05, 3.63) is 95.1 Å². The van der Waals surface area contributed by atoms with E-state index in [0.29, 0.717) is 16.8 Å². The third kappa shape index (κ3) is 3.13. The zero-order chi connectivity index (χ0) is 20.5. The number of rotatable bonds is 3. The van der Waals surface area contributed by atoms with E-state index in [9.17, 15) is 9.59 Å². The summed E-state index contributed by atoms with van der Waals surface area (Å²) in [5, 5.41) is 0. The highest BCUT2D eigenvalue weighted by atomic mass is 16.5. The van der Waals surface area contributed by atoms with E-state index >= 15 is 0 Å². The maximum atomic E-state index is 13.6. The number of anilines is 2. The fraction of sp³-hybridized carbons (Fsp3) is 0.120. The van der Waals surface area contributed by atoms with E-state index in [1.165, 1.54) is 7.11 Å². The van der Waals surface area contributed by atoms with Gasteiger partial charge < -0.3 is 4.74 Å². The molecule has 3 aromatic carbocycles. The number of carbonyl (C=O) groups excluding carboxylic acids is 2. The van der Waals surface area contributed by atoms with Crippen molar-refractivity contribution in [3.63, 3.8) is 0 Å². The van der Waals surface area contributed by atoms with Crippen molar-refractivity contribution in [2.45, 2.75) is 13.8 Å². The van der Waals surface area contributed by atoms with Gasteiger partial charge in [0.1, 0.15) is 0 Å². The molecule has 0 aliphatic carbocycles. The number of nitrogens with zero attached hydrogens (tertiary/aromatic N) is 1. The molecule has 1 aliphatic heterocycles. The van der Waals surface area contributed by atoms with E-state index in [1.807, 2.05) is 80.6 Å². The number of aryl methyl sites for hydroxylation is 1. The number of carbonyl (C=O) groups is 2. The van der Waals surface area contributed by atoms with Crippen molar-refractivity contribution in [2.75, 3.05) is 12.0 Å². The van der Waals surface area contributed by atoms with Crippen LogP contribution in [-0.2, 0) is 9.53 Å². The van der Waals surface area contributed by atoms with E-state index < -0.39 is 5.97 Å². The fourth-order valence-electron chi connectivity index (χ4n) is 3.75. The van der Waals surface area contributed by atoms with Crippen LogP contribution in [0.1, 0.15) is 34.0 Å². The van der Waals surface area contributed by atoms with Crippen LogP contribution in [-0.4, -0.2) is 19.0 Å². The Morgan fingerprint density at radius 3 is 2.34 bits per heavy atom. The topological polar surface area (TPSA) is 46.6 Å². The lowest BCUT2D eigenvalue weighted by molar-refractivity contribution is -0.112. The molecule has 1 amide bonds. The Morgan fingerprint density at radius 2 is 1.62 bits per heavy atom. The number of allylic oxidation sites excluding steroid dienone is 1. The van der Waals surface area contributed by atoms with Gasteiger partial charge in [-0.25, -0.2) is 4.79 Å². The van der Waals surface area contributed by atoms with E-state index in [2.05, 4.69) is 0 Å². The van der Waals surface area contributed by atoms with Crippen LogP contribution >= 0.6 is 0 Å². The Labute approximate surface area is 170 Å². The van der Waals surface area contributed by atoms with Crippen molar-refractivity contribution in [2.24, 2.45) is 0 Å². The molecule has 1 heterocycles. The van der Waals surface area contributed by atoms with Crippen molar-refractivity contribution in [1.29, 1.82) is 0 Å². The third-order valence-corrected chi connectivity index (χ3v) is 5.30. The normalized spacial score (nSPS) is 14.6. The molecule has 3 aromatic rings. The second kappa shape index (κ2) is 7.40. The number of benzene rings is 3. The molecule has 4 nitrogen and oxygen atoms in total. The lowest BCUT2D eigenvalue weighted by atomic mass is 9.97. The Morgan fingerprint density at radius 1 is 0.931 bits per heavy atom. The Balaban J connectivity index is 1.90. The molecule has 0 radical (unpaired) electrons. The molecule has 4 heteroatoms. The summed E-state index contributed by atoms with van der Waals surface area (Å²) in [6.07, 6.45) is 0. The zero-order valence-electron chi connectivity index (χ0n) is 16.6. The first-order valence-corrected chi connectivity index (χ1v) is 9.42. The predicted molar refractivity (Wildman–Crippen MR) is 115 cm³/mol. The summed E-state index contributed by atoms with van der Waals surface area (Å²) in [6, 6.07) is 23.0. The molecule has 1 aliphatic rings. The second-order valence-electron chi connectivity index (χ2n) is 7.01. The Hall–Kier alpha value is -3.66. The summed E-state index contributed by atoms with van der Waals surface area (Å²) in [4.78, 5) is 27.4. The molecule has 0 unspecified atom stereocenters. The SMILES string of the molecule is COC(=O)c1cc(N2C(=O)C(=C(C)c3ccccc3)c3ccccc32)ccc1C. The quantitative estimate of drug-likeness (QED) is 0.450. The lowest BCUT2D eigenvalue weighted by Gasteiger charge is -2.19. The van der Waals surface area contributed by atoms with E-state index in [1.54, 1.807) is 11.0 Å². The van der Waals surface area contributed by atoms with E-state index in [-0.39, 0.29) is 5.91 Å². The molecule has 0 saturated carbocycles. The molecule has 0 aromatic heterocycles. The largest absolute Gasteiger partial charge is 0.465 e. The first kappa shape index (κ1) is 18.7. The van der Waals surface area contributed by atoms with Gasteiger partial charge in [-0.2, -0.15) is 0 Å². The van der Waals surface area contributed by atoms with Crippen LogP contribution in [0.4, 0.5) is 11.4 Å². The van der Waals surface area contributed by atoms with Crippen LogP contribution in [0.5, 0.6) is 0 Å². The summed E-state index contributed by atoms with van der Waals surface area (Å²) < 4.78 is 4.90. The number of para-hydroxylation sites is 1. The van der Waals surface area contributed by atoms with Crippen molar-refractivity contribution in [1.82, 2.24) is 0 Å². The molecule has 0 saturated heterocycles. The number of ether oxygens (including phenoxy) is 1. The summed E-state index contributed by atoms with van der Waals surface area (Å²) in [7, 11) is 1.36. The van der Waals surface area contributed by atoms with Crippen molar-refractivity contribution >= 4 is 34.4 Å². The number of hydrogen-bond acceptors (Lipinski definition) is 3. The van der Waals surface area contributed by atoms with Crippen LogP contribution in [0.2, 0.25) is 0 Å². The van der Waals surface area contributed by atoms with Gasteiger partial charge in [0, 0.05) is 5.56 Å². The number of amides is 1. The molecule has 144 valence electrons. The minimum Gasteiger partial charge on any atom is -0.465 e. The molecule has 0 fully saturated rings. The highest BCUT2D eigenvalue weighted by Gasteiger charge is 2.35.